The number of carbonyl (C=O) groups excluding carboxylic acids is 1. The van der Waals surface area contributed by atoms with Gasteiger partial charge in [-0.25, -0.2) is 5.43 Å². The third kappa shape index (κ3) is 3.62. The van der Waals surface area contributed by atoms with Gasteiger partial charge in [0.25, 0.3) is 0 Å². The number of ether oxygens (including phenoxy) is 2. The molecule has 2 saturated heterocycles. The van der Waals surface area contributed by atoms with Gasteiger partial charge in [-0.05, 0) is 45.6 Å². The zero-order chi connectivity index (χ0) is 14.7. The van der Waals surface area contributed by atoms with Crippen LogP contribution < -0.4 is 10.7 Å². The van der Waals surface area contributed by atoms with Gasteiger partial charge in [-0.1, -0.05) is 0 Å². The van der Waals surface area contributed by atoms with Crippen molar-refractivity contribution in [3.8, 4) is 0 Å². The fourth-order valence-electron chi connectivity index (χ4n) is 3.45. The predicted octanol–water partition coefficient (Wildman–Crippen LogP) is 1.02. The molecule has 3 fully saturated rings. The molecule has 4 unspecified atom stereocenters. The molecule has 3 aliphatic rings. The third-order valence-electron chi connectivity index (χ3n) is 4.90. The molecule has 1 saturated carbocycles. The predicted molar refractivity (Wildman–Crippen MR) is 78.8 cm³/mol. The van der Waals surface area contributed by atoms with Gasteiger partial charge < -0.3 is 14.8 Å². The number of amides is 1. The van der Waals surface area contributed by atoms with Gasteiger partial charge in [0.1, 0.15) is 6.79 Å². The van der Waals surface area contributed by atoms with Crippen molar-refractivity contribution in [2.45, 2.75) is 51.2 Å². The Balaban J connectivity index is 1.49. The van der Waals surface area contributed by atoms with Crippen molar-refractivity contribution in [1.82, 2.24) is 10.7 Å². The van der Waals surface area contributed by atoms with E-state index in [2.05, 4.69) is 15.8 Å². The summed E-state index contributed by atoms with van der Waals surface area (Å²) in [5, 5.41) is 7.68. The van der Waals surface area contributed by atoms with Crippen molar-refractivity contribution in [1.29, 1.82) is 0 Å². The summed E-state index contributed by atoms with van der Waals surface area (Å²) >= 11 is 0. The van der Waals surface area contributed by atoms with E-state index < -0.39 is 0 Å². The second-order valence-electron chi connectivity index (χ2n) is 6.31. The van der Waals surface area contributed by atoms with Crippen LogP contribution in [0.25, 0.3) is 0 Å². The molecule has 1 amide bonds. The first kappa shape index (κ1) is 14.9. The van der Waals surface area contributed by atoms with Crippen molar-refractivity contribution in [2.24, 2.45) is 16.9 Å². The summed E-state index contributed by atoms with van der Waals surface area (Å²) in [5.41, 5.74) is 3.77. The molecular weight excluding hydrogens is 270 g/mol. The zero-order valence-corrected chi connectivity index (χ0v) is 12.6. The van der Waals surface area contributed by atoms with Gasteiger partial charge in [-0.15, -0.1) is 0 Å². The van der Waals surface area contributed by atoms with E-state index in [1.165, 1.54) is 6.42 Å². The van der Waals surface area contributed by atoms with Crippen LogP contribution in [0.1, 0.15) is 39.0 Å². The second kappa shape index (κ2) is 6.85. The largest absolute Gasteiger partial charge is 0.349 e. The Hall–Kier alpha value is -0.980. The van der Waals surface area contributed by atoms with E-state index in [1.54, 1.807) is 0 Å². The molecule has 0 spiro atoms. The lowest BCUT2D eigenvalue weighted by molar-refractivity contribution is -0.127. The highest BCUT2D eigenvalue weighted by molar-refractivity contribution is 5.87. The van der Waals surface area contributed by atoms with Crippen LogP contribution in [0.3, 0.4) is 0 Å². The van der Waals surface area contributed by atoms with E-state index in [1.807, 2.05) is 6.92 Å². The molecule has 0 aromatic carbocycles. The SMILES string of the molecule is C/C(=N\NC(=O)C1CCC2OCOC2C1)C1CCCNC1. The highest BCUT2D eigenvalue weighted by Gasteiger charge is 2.38. The summed E-state index contributed by atoms with van der Waals surface area (Å²) in [5.74, 6) is 0.461. The number of carbonyl (C=O) groups is 1. The Morgan fingerprint density at radius 1 is 1.19 bits per heavy atom. The molecular formula is C15H25N3O3. The molecule has 1 aliphatic carbocycles. The van der Waals surface area contributed by atoms with E-state index in [0.717, 1.165) is 44.5 Å². The number of hydrogen-bond acceptors (Lipinski definition) is 5. The van der Waals surface area contributed by atoms with Crippen LogP contribution in [0.15, 0.2) is 5.10 Å². The summed E-state index contributed by atoms with van der Waals surface area (Å²) in [6, 6.07) is 0. The van der Waals surface area contributed by atoms with Gasteiger partial charge in [0, 0.05) is 24.1 Å². The first-order valence-corrected chi connectivity index (χ1v) is 8.02. The minimum atomic E-state index is -0.00557. The fourth-order valence-corrected chi connectivity index (χ4v) is 3.45. The smallest absolute Gasteiger partial charge is 0.243 e. The minimum Gasteiger partial charge on any atom is -0.349 e. The molecule has 2 aliphatic heterocycles. The van der Waals surface area contributed by atoms with Crippen molar-refractivity contribution >= 4 is 11.6 Å². The molecule has 4 atom stereocenters. The molecule has 3 rings (SSSR count). The zero-order valence-electron chi connectivity index (χ0n) is 12.6. The number of nitrogens with one attached hydrogen (secondary N) is 2. The lowest BCUT2D eigenvalue weighted by Crippen LogP contribution is -2.39. The van der Waals surface area contributed by atoms with Crippen molar-refractivity contribution in [3.63, 3.8) is 0 Å². The molecule has 0 aromatic heterocycles. The average molecular weight is 295 g/mol. The van der Waals surface area contributed by atoms with Crippen molar-refractivity contribution in [3.05, 3.63) is 0 Å². The van der Waals surface area contributed by atoms with Gasteiger partial charge in [-0.3, -0.25) is 4.79 Å². The normalized spacial score (nSPS) is 37.1. The van der Waals surface area contributed by atoms with Crippen LogP contribution in [-0.4, -0.2) is 43.7 Å². The van der Waals surface area contributed by atoms with Crippen molar-refractivity contribution in [2.75, 3.05) is 19.9 Å². The maximum absolute atomic E-state index is 12.2. The standard InChI is InChI=1S/C15H25N3O3/c1-10(12-3-2-6-16-8-12)17-18-15(19)11-4-5-13-14(7-11)21-9-20-13/h11-14,16H,2-9H2,1H3,(H,18,19)/b17-10+. The first-order chi connectivity index (χ1) is 10.2. The summed E-state index contributed by atoms with van der Waals surface area (Å²) in [6.07, 6.45) is 5.10. The van der Waals surface area contributed by atoms with Crippen LogP contribution in [0.4, 0.5) is 0 Å². The van der Waals surface area contributed by atoms with Gasteiger partial charge in [-0.2, -0.15) is 5.10 Å². The highest BCUT2D eigenvalue weighted by Crippen LogP contribution is 2.32. The first-order valence-electron chi connectivity index (χ1n) is 8.02. The van der Waals surface area contributed by atoms with Crippen LogP contribution in [0.5, 0.6) is 0 Å². The number of piperidine rings is 1. The molecule has 2 heterocycles. The van der Waals surface area contributed by atoms with Crippen LogP contribution in [-0.2, 0) is 14.3 Å². The Morgan fingerprint density at radius 3 is 2.86 bits per heavy atom. The molecule has 6 nitrogen and oxygen atoms in total. The average Bonchev–Trinajstić information content (AvgIpc) is 3.00. The number of rotatable bonds is 3. The Morgan fingerprint density at radius 2 is 2.05 bits per heavy atom. The number of hydrazone groups is 1. The summed E-state index contributed by atoms with van der Waals surface area (Å²) in [7, 11) is 0. The van der Waals surface area contributed by atoms with E-state index >= 15 is 0 Å². The molecule has 0 radical (unpaired) electrons. The monoisotopic (exact) mass is 295 g/mol. The Labute approximate surface area is 125 Å². The molecule has 0 bridgehead atoms. The molecule has 21 heavy (non-hydrogen) atoms. The van der Waals surface area contributed by atoms with Crippen LogP contribution in [0.2, 0.25) is 0 Å². The lowest BCUT2D eigenvalue weighted by Gasteiger charge is -2.28. The van der Waals surface area contributed by atoms with Gasteiger partial charge in [0.15, 0.2) is 0 Å². The molecule has 6 heteroatoms. The highest BCUT2D eigenvalue weighted by atomic mass is 16.7. The number of hydrogen-bond donors (Lipinski definition) is 2. The number of fused-ring (bicyclic) bond motifs is 1. The Kier molecular flexibility index (Phi) is 4.87. The van der Waals surface area contributed by atoms with E-state index in [4.69, 9.17) is 9.47 Å². The maximum Gasteiger partial charge on any atom is 0.243 e. The fraction of sp³-hybridized carbons (Fsp3) is 0.867. The lowest BCUT2D eigenvalue weighted by atomic mass is 9.85. The molecule has 0 aromatic rings. The second-order valence-corrected chi connectivity index (χ2v) is 6.31. The summed E-state index contributed by atoms with van der Waals surface area (Å²) in [6.45, 7) is 4.42. The summed E-state index contributed by atoms with van der Waals surface area (Å²) in [4.78, 5) is 12.2. The maximum atomic E-state index is 12.2. The minimum absolute atomic E-state index is 0.00557. The van der Waals surface area contributed by atoms with Gasteiger partial charge >= 0.3 is 0 Å². The quantitative estimate of drug-likeness (QED) is 0.602. The van der Waals surface area contributed by atoms with Crippen LogP contribution in [0, 0.1) is 11.8 Å². The third-order valence-corrected chi connectivity index (χ3v) is 4.90. The summed E-state index contributed by atoms with van der Waals surface area (Å²) < 4.78 is 11.0. The molecule has 118 valence electrons. The van der Waals surface area contributed by atoms with E-state index in [-0.39, 0.29) is 24.0 Å². The molecule has 2 N–H and O–H groups in total. The number of nitrogens with zero attached hydrogens (tertiary/aromatic N) is 1. The van der Waals surface area contributed by atoms with Crippen LogP contribution >= 0.6 is 0 Å². The topological polar surface area (TPSA) is 72.0 Å². The van der Waals surface area contributed by atoms with Gasteiger partial charge in [0.05, 0.1) is 12.2 Å². The van der Waals surface area contributed by atoms with E-state index in [0.29, 0.717) is 12.7 Å². The van der Waals surface area contributed by atoms with Crippen molar-refractivity contribution < 1.29 is 14.3 Å². The Bertz CT molecular complexity index is 407. The van der Waals surface area contributed by atoms with E-state index in [9.17, 15) is 4.79 Å². The van der Waals surface area contributed by atoms with Gasteiger partial charge in [0.2, 0.25) is 5.91 Å².